The molecule has 0 amide bonds. The minimum atomic E-state index is -0.974. The van der Waals surface area contributed by atoms with Gasteiger partial charge in [0.2, 0.25) is 0 Å². The summed E-state index contributed by atoms with van der Waals surface area (Å²) in [5, 5.41) is 9.44. The Labute approximate surface area is 115 Å². The monoisotopic (exact) mass is 278 g/mol. The van der Waals surface area contributed by atoms with E-state index in [4.69, 9.17) is 16.7 Å². The minimum Gasteiger partial charge on any atom is -0.478 e. The first-order valence-corrected chi connectivity index (χ1v) is 6.08. The van der Waals surface area contributed by atoms with Gasteiger partial charge in [-0.15, -0.1) is 0 Å². The number of carboxylic acids is 1. The number of hydrogen-bond donors (Lipinski definition) is 1. The molecule has 0 radical (unpaired) electrons. The molecule has 0 aliphatic heterocycles. The predicted molar refractivity (Wildman–Crippen MR) is 73.3 cm³/mol. The van der Waals surface area contributed by atoms with Crippen LogP contribution in [0.25, 0.3) is 11.1 Å². The fourth-order valence-corrected chi connectivity index (χ4v) is 2.34. The van der Waals surface area contributed by atoms with E-state index in [0.717, 1.165) is 0 Å². The molecular formula is C15H12ClFO2. The van der Waals surface area contributed by atoms with Crippen LogP contribution in [-0.2, 0) is 0 Å². The van der Waals surface area contributed by atoms with E-state index in [1.54, 1.807) is 38.1 Å². The van der Waals surface area contributed by atoms with Crippen molar-refractivity contribution < 1.29 is 14.3 Å². The molecular weight excluding hydrogens is 267 g/mol. The third kappa shape index (κ3) is 2.61. The quantitative estimate of drug-likeness (QED) is 0.880. The molecule has 0 aromatic heterocycles. The summed E-state index contributed by atoms with van der Waals surface area (Å²) in [6.45, 7) is 3.40. The van der Waals surface area contributed by atoms with Gasteiger partial charge in [0.15, 0.2) is 0 Å². The molecule has 4 heteroatoms. The molecule has 98 valence electrons. The number of aryl methyl sites for hydroxylation is 2. The second kappa shape index (κ2) is 5.02. The van der Waals surface area contributed by atoms with E-state index in [2.05, 4.69) is 0 Å². The maximum Gasteiger partial charge on any atom is 0.336 e. The fourth-order valence-electron chi connectivity index (χ4n) is 2.18. The lowest BCUT2D eigenvalue weighted by Crippen LogP contribution is -2.03. The summed E-state index contributed by atoms with van der Waals surface area (Å²) in [5.74, 6) is -1.40. The Kier molecular flexibility index (Phi) is 3.58. The van der Waals surface area contributed by atoms with E-state index >= 15 is 0 Å². The summed E-state index contributed by atoms with van der Waals surface area (Å²) in [6, 6.07) is 7.78. The zero-order valence-corrected chi connectivity index (χ0v) is 11.3. The highest BCUT2D eigenvalue weighted by Gasteiger charge is 2.14. The van der Waals surface area contributed by atoms with E-state index in [9.17, 15) is 9.18 Å². The molecule has 0 fully saturated rings. The van der Waals surface area contributed by atoms with Gasteiger partial charge in [-0.3, -0.25) is 0 Å². The Balaban J connectivity index is 2.61. The molecule has 0 aliphatic carbocycles. The lowest BCUT2D eigenvalue weighted by molar-refractivity contribution is 0.0695. The van der Waals surface area contributed by atoms with Gasteiger partial charge in [0.05, 0.1) is 5.56 Å². The van der Waals surface area contributed by atoms with Gasteiger partial charge in [-0.25, -0.2) is 9.18 Å². The van der Waals surface area contributed by atoms with Crippen LogP contribution in [0.1, 0.15) is 21.5 Å². The number of aromatic carboxylic acids is 1. The van der Waals surface area contributed by atoms with Crippen molar-refractivity contribution >= 4 is 17.6 Å². The molecule has 2 aromatic carbocycles. The van der Waals surface area contributed by atoms with Crippen molar-refractivity contribution in [2.24, 2.45) is 0 Å². The summed E-state index contributed by atoms with van der Waals surface area (Å²) in [7, 11) is 0. The number of carboxylic acid groups (broad SMARTS) is 1. The summed E-state index contributed by atoms with van der Waals surface area (Å²) < 4.78 is 13.9. The summed E-state index contributed by atoms with van der Waals surface area (Å²) in [6.07, 6.45) is 0. The number of rotatable bonds is 2. The molecule has 19 heavy (non-hydrogen) atoms. The third-order valence-corrected chi connectivity index (χ3v) is 3.22. The Bertz CT molecular complexity index is 642. The van der Waals surface area contributed by atoms with Crippen LogP contribution in [0, 0.1) is 19.7 Å². The Morgan fingerprint density at radius 3 is 2.21 bits per heavy atom. The molecule has 0 saturated carbocycles. The predicted octanol–water partition coefficient (Wildman–Crippen LogP) is 4.46. The zero-order valence-electron chi connectivity index (χ0n) is 10.5. The smallest absolute Gasteiger partial charge is 0.336 e. The molecule has 0 spiro atoms. The second-order valence-corrected chi connectivity index (χ2v) is 4.85. The standard InChI is InChI=1S/C15H12ClFO2/c1-8-5-10(6-9(2)14(8)15(18)19)12-4-3-11(16)7-13(12)17/h3-7H,1-2H3,(H,18,19). The summed E-state index contributed by atoms with van der Waals surface area (Å²) >= 11 is 5.72. The summed E-state index contributed by atoms with van der Waals surface area (Å²) in [5.41, 5.74) is 2.54. The van der Waals surface area contributed by atoms with E-state index < -0.39 is 11.8 Å². The van der Waals surface area contributed by atoms with Crippen LogP contribution in [-0.4, -0.2) is 11.1 Å². The van der Waals surface area contributed by atoms with Crippen LogP contribution >= 0.6 is 11.6 Å². The molecule has 2 nitrogen and oxygen atoms in total. The van der Waals surface area contributed by atoms with Crippen LogP contribution in [0.15, 0.2) is 30.3 Å². The van der Waals surface area contributed by atoms with Crippen molar-refractivity contribution in [2.75, 3.05) is 0 Å². The molecule has 2 aromatic rings. The van der Waals surface area contributed by atoms with Crippen LogP contribution in [0.5, 0.6) is 0 Å². The maximum absolute atomic E-state index is 13.9. The highest BCUT2D eigenvalue weighted by Crippen LogP contribution is 2.28. The fraction of sp³-hybridized carbons (Fsp3) is 0.133. The van der Waals surface area contributed by atoms with Gasteiger partial charge in [-0.05, 0) is 48.7 Å². The lowest BCUT2D eigenvalue weighted by Gasteiger charge is -2.10. The Morgan fingerprint density at radius 1 is 1.16 bits per heavy atom. The topological polar surface area (TPSA) is 37.3 Å². The largest absolute Gasteiger partial charge is 0.478 e. The van der Waals surface area contributed by atoms with Crippen LogP contribution in [0.3, 0.4) is 0 Å². The number of carbonyl (C=O) groups is 1. The van der Waals surface area contributed by atoms with Crippen LogP contribution < -0.4 is 0 Å². The van der Waals surface area contributed by atoms with Gasteiger partial charge in [0.25, 0.3) is 0 Å². The average Bonchev–Trinajstić information content (AvgIpc) is 2.26. The molecule has 0 heterocycles. The van der Waals surface area contributed by atoms with Gasteiger partial charge in [0, 0.05) is 10.6 Å². The van der Waals surface area contributed by atoms with Gasteiger partial charge in [-0.2, -0.15) is 0 Å². The highest BCUT2D eigenvalue weighted by molar-refractivity contribution is 6.30. The lowest BCUT2D eigenvalue weighted by atomic mass is 9.95. The first kappa shape index (κ1) is 13.6. The molecule has 0 aliphatic rings. The van der Waals surface area contributed by atoms with Gasteiger partial charge < -0.3 is 5.11 Å². The second-order valence-electron chi connectivity index (χ2n) is 4.41. The van der Waals surface area contributed by atoms with E-state index in [0.29, 0.717) is 27.3 Å². The van der Waals surface area contributed by atoms with E-state index in [1.807, 2.05) is 0 Å². The van der Waals surface area contributed by atoms with Gasteiger partial charge in [0.1, 0.15) is 5.82 Å². The SMILES string of the molecule is Cc1cc(-c2ccc(Cl)cc2F)cc(C)c1C(=O)O. The Morgan fingerprint density at radius 2 is 1.74 bits per heavy atom. The third-order valence-electron chi connectivity index (χ3n) is 2.99. The molecule has 0 saturated heterocycles. The Hall–Kier alpha value is -1.87. The van der Waals surface area contributed by atoms with E-state index in [1.165, 1.54) is 6.07 Å². The number of benzene rings is 2. The maximum atomic E-state index is 13.9. The minimum absolute atomic E-state index is 0.262. The van der Waals surface area contributed by atoms with Crippen molar-refractivity contribution in [2.45, 2.75) is 13.8 Å². The molecule has 1 N–H and O–H groups in total. The summed E-state index contributed by atoms with van der Waals surface area (Å²) in [4.78, 5) is 11.1. The van der Waals surface area contributed by atoms with Gasteiger partial charge >= 0.3 is 5.97 Å². The zero-order chi connectivity index (χ0) is 14.2. The van der Waals surface area contributed by atoms with Crippen molar-refractivity contribution in [1.82, 2.24) is 0 Å². The molecule has 0 unspecified atom stereocenters. The van der Waals surface area contributed by atoms with Crippen molar-refractivity contribution in [3.8, 4) is 11.1 Å². The van der Waals surface area contributed by atoms with Crippen molar-refractivity contribution in [3.05, 3.63) is 57.9 Å². The normalized spacial score (nSPS) is 10.5. The number of hydrogen-bond acceptors (Lipinski definition) is 1. The van der Waals surface area contributed by atoms with Crippen molar-refractivity contribution in [3.63, 3.8) is 0 Å². The first-order chi connectivity index (χ1) is 8.90. The van der Waals surface area contributed by atoms with Gasteiger partial charge in [-0.1, -0.05) is 23.7 Å². The highest BCUT2D eigenvalue weighted by atomic mass is 35.5. The molecule has 0 atom stereocenters. The van der Waals surface area contributed by atoms with Crippen LogP contribution in [0.4, 0.5) is 4.39 Å². The van der Waals surface area contributed by atoms with Crippen LogP contribution in [0.2, 0.25) is 5.02 Å². The number of halogens is 2. The van der Waals surface area contributed by atoms with Crippen molar-refractivity contribution in [1.29, 1.82) is 0 Å². The molecule has 2 rings (SSSR count). The van der Waals surface area contributed by atoms with E-state index in [-0.39, 0.29) is 5.56 Å². The first-order valence-electron chi connectivity index (χ1n) is 5.70. The average molecular weight is 279 g/mol. The molecule has 0 bridgehead atoms.